The van der Waals surface area contributed by atoms with E-state index in [9.17, 15) is 9.18 Å². The Labute approximate surface area is 106 Å². The Morgan fingerprint density at radius 3 is 2.44 bits per heavy atom. The number of carbonyl (C=O) groups is 1. The zero-order chi connectivity index (χ0) is 12.7. The van der Waals surface area contributed by atoms with Gasteiger partial charge in [0.05, 0.1) is 6.42 Å². The second-order valence-corrected chi connectivity index (χ2v) is 5.33. The molecule has 3 rings (SSSR count). The molecule has 1 aromatic carbocycles. The Kier molecular flexibility index (Phi) is 2.82. The van der Waals surface area contributed by atoms with E-state index in [0.717, 1.165) is 25.2 Å². The summed E-state index contributed by atoms with van der Waals surface area (Å²) in [5.74, 6) is 1.78. The summed E-state index contributed by atoms with van der Waals surface area (Å²) in [5.41, 5.74) is 6.52. The number of hydrogen-bond donors (Lipinski definition) is 1. The molecular weight excluding hydrogens is 231 g/mol. The van der Waals surface area contributed by atoms with Crippen molar-refractivity contribution < 1.29 is 9.18 Å². The Morgan fingerprint density at radius 1 is 1.28 bits per heavy atom. The summed E-state index contributed by atoms with van der Waals surface area (Å²) in [6.45, 7) is 2.45. The van der Waals surface area contributed by atoms with Crippen LogP contribution in [-0.2, 0) is 11.2 Å². The molecular formula is C14H17FN2O. The van der Waals surface area contributed by atoms with Gasteiger partial charge in [0.25, 0.3) is 0 Å². The van der Waals surface area contributed by atoms with Crippen molar-refractivity contribution in [3.05, 3.63) is 35.6 Å². The van der Waals surface area contributed by atoms with Crippen molar-refractivity contribution in [2.24, 2.45) is 23.5 Å². The van der Waals surface area contributed by atoms with Crippen LogP contribution in [0.3, 0.4) is 0 Å². The van der Waals surface area contributed by atoms with E-state index in [4.69, 9.17) is 5.73 Å². The highest BCUT2D eigenvalue weighted by molar-refractivity contribution is 5.79. The summed E-state index contributed by atoms with van der Waals surface area (Å²) < 4.78 is 12.8. The van der Waals surface area contributed by atoms with Crippen molar-refractivity contribution in [3.63, 3.8) is 0 Å². The first kappa shape index (κ1) is 11.7. The molecule has 3 atom stereocenters. The summed E-state index contributed by atoms with van der Waals surface area (Å²) in [7, 11) is 0. The molecule has 0 aromatic heterocycles. The first-order valence-corrected chi connectivity index (χ1v) is 6.41. The van der Waals surface area contributed by atoms with Crippen molar-refractivity contribution in [3.8, 4) is 0 Å². The summed E-state index contributed by atoms with van der Waals surface area (Å²) in [6, 6.07) is 6.14. The molecule has 0 radical (unpaired) electrons. The average molecular weight is 248 g/mol. The van der Waals surface area contributed by atoms with Gasteiger partial charge in [-0.25, -0.2) is 4.39 Å². The van der Waals surface area contributed by atoms with Crippen LogP contribution >= 0.6 is 0 Å². The molecule has 1 aromatic rings. The smallest absolute Gasteiger partial charge is 0.227 e. The van der Waals surface area contributed by atoms with E-state index in [1.54, 1.807) is 12.1 Å². The highest BCUT2D eigenvalue weighted by Gasteiger charge is 2.55. The standard InChI is InChI=1S/C14H17FN2O/c15-10-3-1-9(2-4-10)5-14(18)17-7-12-11(6-16)13(12)8-17/h1-4,11-13H,5-8,16H2/t11?,12-,13+. The Morgan fingerprint density at radius 2 is 1.89 bits per heavy atom. The number of carbonyl (C=O) groups excluding carboxylic acids is 1. The van der Waals surface area contributed by atoms with Crippen LogP contribution in [0.15, 0.2) is 24.3 Å². The van der Waals surface area contributed by atoms with Gasteiger partial charge in [-0.15, -0.1) is 0 Å². The van der Waals surface area contributed by atoms with E-state index in [0.29, 0.717) is 24.2 Å². The van der Waals surface area contributed by atoms with Crippen molar-refractivity contribution in [2.45, 2.75) is 6.42 Å². The number of fused-ring (bicyclic) bond motifs is 1. The minimum absolute atomic E-state index is 0.143. The maximum atomic E-state index is 12.8. The van der Waals surface area contributed by atoms with Crippen LogP contribution in [-0.4, -0.2) is 30.4 Å². The second kappa shape index (κ2) is 4.35. The normalized spacial score (nSPS) is 29.2. The molecule has 18 heavy (non-hydrogen) atoms. The SMILES string of the molecule is NCC1[C@H]2CN(C(=O)Cc3ccc(F)cc3)C[C@@H]12. The molecule has 1 amide bonds. The molecule has 1 aliphatic heterocycles. The fourth-order valence-electron chi connectivity index (χ4n) is 3.09. The molecule has 96 valence electrons. The van der Waals surface area contributed by atoms with Gasteiger partial charge in [0.1, 0.15) is 5.82 Å². The largest absolute Gasteiger partial charge is 0.342 e. The number of nitrogens with zero attached hydrogens (tertiary/aromatic N) is 1. The molecule has 3 nitrogen and oxygen atoms in total. The number of amides is 1. The van der Waals surface area contributed by atoms with Crippen LogP contribution in [0.25, 0.3) is 0 Å². The Bertz CT molecular complexity index is 447. The topological polar surface area (TPSA) is 46.3 Å². The minimum atomic E-state index is -0.264. The first-order valence-electron chi connectivity index (χ1n) is 6.41. The van der Waals surface area contributed by atoms with Gasteiger partial charge < -0.3 is 10.6 Å². The predicted molar refractivity (Wildman–Crippen MR) is 66.2 cm³/mol. The van der Waals surface area contributed by atoms with Gasteiger partial charge in [0.2, 0.25) is 5.91 Å². The molecule has 1 aliphatic carbocycles. The van der Waals surface area contributed by atoms with E-state index in [2.05, 4.69) is 0 Å². The molecule has 2 N–H and O–H groups in total. The maximum absolute atomic E-state index is 12.8. The third-order valence-electron chi connectivity index (χ3n) is 4.26. The second-order valence-electron chi connectivity index (χ2n) is 5.33. The summed E-state index contributed by atoms with van der Waals surface area (Å²) in [4.78, 5) is 14.0. The van der Waals surface area contributed by atoms with Crippen molar-refractivity contribution in [2.75, 3.05) is 19.6 Å². The number of hydrogen-bond acceptors (Lipinski definition) is 2. The van der Waals surface area contributed by atoms with Gasteiger partial charge in [-0.3, -0.25) is 4.79 Å². The zero-order valence-electron chi connectivity index (χ0n) is 10.2. The molecule has 0 bridgehead atoms. The van der Waals surface area contributed by atoms with Gasteiger partial charge in [-0.2, -0.15) is 0 Å². The molecule has 1 heterocycles. The molecule has 1 saturated heterocycles. The lowest BCUT2D eigenvalue weighted by atomic mass is 10.1. The number of rotatable bonds is 3. The van der Waals surface area contributed by atoms with Crippen molar-refractivity contribution in [1.82, 2.24) is 4.90 Å². The molecule has 4 heteroatoms. The third-order valence-corrected chi connectivity index (χ3v) is 4.26. The van der Waals surface area contributed by atoms with Crippen LogP contribution < -0.4 is 5.73 Å². The number of benzene rings is 1. The molecule has 1 unspecified atom stereocenters. The number of nitrogens with two attached hydrogens (primary N) is 1. The zero-order valence-corrected chi connectivity index (χ0v) is 10.2. The van der Waals surface area contributed by atoms with Gasteiger partial charge in [0.15, 0.2) is 0 Å². The maximum Gasteiger partial charge on any atom is 0.227 e. The van der Waals surface area contributed by atoms with E-state index >= 15 is 0 Å². The van der Waals surface area contributed by atoms with Crippen LogP contribution in [0.1, 0.15) is 5.56 Å². The molecule has 2 fully saturated rings. The van der Waals surface area contributed by atoms with Gasteiger partial charge in [0, 0.05) is 13.1 Å². The molecule has 2 aliphatic rings. The Hall–Kier alpha value is -1.42. The first-order chi connectivity index (χ1) is 8.69. The third kappa shape index (κ3) is 2.01. The van der Waals surface area contributed by atoms with Crippen LogP contribution in [0.2, 0.25) is 0 Å². The number of halogens is 1. The van der Waals surface area contributed by atoms with Crippen molar-refractivity contribution in [1.29, 1.82) is 0 Å². The van der Waals surface area contributed by atoms with E-state index in [-0.39, 0.29) is 11.7 Å². The number of likely N-dealkylation sites (tertiary alicyclic amines) is 1. The minimum Gasteiger partial charge on any atom is -0.342 e. The average Bonchev–Trinajstić information content (AvgIpc) is 2.83. The van der Waals surface area contributed by atoms with Gasteiger partial charge in [-0.05, 0) is 42.0 Å². The van der Waals surface area contributed by atoms with E-state index in [1.165, 1.54) is 12.1 Å². The lowest BCUT2D eigenvalue weighted by molar-refractivity contribution is -0.130. The highest BCUT2D eigenvalue weighted by Crippen LogP contribution is 2.50. The fourth-order valence-corrected chi connectivity index (χ4v) is 3.09. The summed E-state index contributed by atoms with van der Waals surface area (Å²) in [5, 5.41) is 0. The lowest BCUT2D eigenvalue weighted by Gasteiger charge is -2.19. The van der Waals surface area contributed by atoms with E-state index < -0.39 is 0 Å². The van der Waals surface area contributed by atoms with Crippen LogP contribution in [0.5, 0.6) is 0 Å². The Balaban J connectivity index is 1.56. The predicted octanol–water partition coefficient (Wildman–Crippen LogP) is 1.03. The molecule has 0 spiro atoms. The quantitative estimate of drug-likeness (QED) is 0.868. The van der Waals surface area contributed by atoms with Gasteiger partial charge in [-0.1, -0.05) is 12.1 Å². The fraction of sp³-hybridized carbons (Fsp3) is 0.500. The van der Waals surface area contributed by atoms with Crippen LogP contribution in [0.4, 0.5) is 4.39 Å². The van der Waals surface area contributed by atoms with Crippen LogP contribution in [0, 0.1) is 23.6 Å². The van der Waals surface area contributed by atoms with Gasteiger partial charge >= 0.3 is 0 Å². The van der Waals surface area contributed by atoms with Crippen molar-refractivity contribution >= 4 is 5.91 Å². The van der Waals surface area contributed by atoms with E-state index in [1.807, 2.05) is 4.90 Å². The lowest BCUT2D eigenvalue weighted by Crippen LogP contribution is -2.33. The monoisotopic (exact) mass is 248 g/mol. The highest BCUT2D eigenvalue weighted by atomic mass is 19.1. The molecule has 1 saturated carbocycles. The summed E-state index contributed by atoms with van der Waals surface area (Å²) in [6.07, 6.45) is 0.368. The number of piperidine rings is 1. The summed E-state index contributed by atoms with van der Waals surface area (Å²) >= 11 is 0.